The van der Waals surface area contributed by atoms with Crippen molar-refractivity contribution in [3.63, 3.8) is 0 Å². The van der Waals surface area contributed by atoms with Crippen molar-refractivity contribution in [2.75, 3.05) is 26.8 Å². The molecular weight excluding hydrogens is 314 g/mol. The minimum absolute atomic E-state index is 0.169. The standard InChI is InChI=1S/C21H29NO3/c1-24-19-6-3-13-25-21(19)9-11-22(12-10-21)20(23)15-16-7-8-17-4-2-5-18(17)14-16/h7-8,14,19H,2-6,9-13,15H2,1H3. The maximum Gasteiger partial charge on any atom is 0.226 e. The van der Waals surface area contributed by atoms with Gasteiger partial charge in [-0.2, -0.15) is 0 Å². The Bertz CT molecular complexity index is 634. The molecular formula is C21H29NO3. The number of fused-ring (bicyclic) bond motifs is 1. The zero-order valence-corrected chi connectivity index (χ0v) is 15.3. The molecule has 1 aliphatic carbocycles. The third-order valence-corrected chi connectivity index (χ3v) is 6.35. The molecule has 4 nitrogen and oxygen atoms in total. The van der Waals surface area contributed by atoms with Gasteiger partial charge in [-0.25, -0.2) is 0 Å². The van der Waals surface area contributed by atoms with Crippen LogP contribution in [0.2, 0.25) is 0 Å². The summed E-state index contributed by atoms with van der Waals surface area (Å²) in [7, 11) is 1.78. The number of carbonyl (C=O) groups excluding carboxylic acids is 1. The lowest BCUT2D eigenvalue weighted by molar-refractivity contribution is -0.188. The molecule has 0 bridgehead atoms. The Morgan fingerprint density at radius 1 is 1.24 bits per heavy atom. The maximum absolute atomic E-state index is 12.7. The van der Waals surface area contributed by atoms with Crippen LogP contribution in [0.25, 0.3) is 0 Å². The number of piperidine rings is 1. The second-order valence-corrected chi connectivity index (χ2v) is 7.79. The molecule has 0 aromatic heterocycles. The third kappa shape index (κ3) is 3.34. The van der Waals surface area contributed by atoms with Gasteiger partial charge in [0, 0.05) is 26.8 Å². The summed E-state index contributed by atoms with van der Waals surface area (Å²) in [6.07, 6.45) is 8.23. The summed E-state index contributed by atoms with van der Waals surface area (Å²) in [4.78, 5) is 14.8. The Morgan fingerprint density at radius 3 is 2.84 bits per heavy atom. The number of aryl methyl sites for hydroxylation is 2. The van der Waals surface area contributed by atoms with Crippen LogP contribution < -0.4 is 0 Å². The lowest BCUT2D eigenvalue weighted by Gasteiger charge is -2.48. The summed E-state index contributed by atoms with van der Waals surface area (Å²) < 4.78 is 11.8. The van der Waals surface area contributed by atoms with E-state index in [1.54, 1.807) is 7.11 Å². The van der Waals surface area contributed by atoms with E-state index in [0.29, 0.717) is 6.42 Å². The predicted molar refractivity (Wildman–Crippen MR) is 96.7 cm³/mol. The van der Waals surface area contributed by atoms with E-state index in [2.05, 4.69) is 18.2 Å². The minimum Gasteiger partial charge on any atom is -0.378 e. The number of likely N-dealkylation sites (tertiary alicyclic amines) is 1. The fourth-order valence-corrected chi connectivity index (χ4v) is 4.86. The molecule has 1 unspecified atom stereocenters. The molecule has 3 aliphatic rings. The Hall–Kier alpha value is -1.39. The number of nitrogens with zero attached hydrogens (tertiary/aromatic N) is 1. The first-order valence-corrected chi connectivity index (χ1v) is 9.75. The number of carbonyl (C=O) groups is 1. The highest BCUT2D eigenvalue weighted by Gasteiger charge is 2.45. The van der Waals surface area contributed by atoms with Crippen LogP contribution in [0.3, 0.4) is 0 Å². The SMILES string of the molecule is COC1CCCOC12CCN(C(=O)Cc1ccc3c(c1)CCC3)CC2. The molecule has 2 fully saturated rings. The quantitative estimate of drug-likeness (QED) is 0.847. The van der Waals surface area contributed by atoms with E-state index in [-0.39, 0.29) is 17.6 Å². The van der Waals surface area contributed by atoms with Gasteiger partial charge in [-0.05, 0) is 61.6 Å². The molecule has 4 rings (SSSR count). The Balaban J connectivity index is 1.36. The van der Waals surface area contributed by atoms with Gasteiger partial charge in [-0.15, -0.1) is 0 Å². The van der Waals surface area contributed by atoms with Gasteiger partial charge < -0.3 is 14.4 Å². The normalized spacial score (nSPS) is 25.2. The largest absolute Gasteiger partial charge is 0.378 e. The van der Waals surface area contributed by atoms with Gasteiger partial charge in [0.2, 0.25) is 5.91 Å². The smallest absolute Gasteiger partial charge is 0.226 e. The van der Waals surface area contributed by atoms with Crippen LogP contribution in [0.5, 0.6) is 0 Å². The fourth-order valence-electron chi connectivity index (χ4n) is 4.86. The summed E-state index contributed by atoms with van der Waals surface area (Å²) in [6, 6.07) is 6.60. The van der Waals surface area contributed by atoms with Gasteiger partial charge in [-0.3, -0.25) is 4.79 Å². The van der Waals surface area contributed by atoms with Crippen molar-refractivity contribution in [3.8, 4) is 0 Å². The van der Waals surface area contributed by atoms with Crippen molar-refractivity contribution in [3.05, 3.63) is 34.9 Å². The first kappa shape index (κ1) is 17.0. The van der Waals surface area contributed by atoms with E-state index in [1.807, 2.05) is 4.90 Å². The van der Waals surface area contributed by atoms with Crippen LogP contribution in [0.1, 0.15) is 48.8 Å². The first-order chi connectivity index (χ1) is 12.2. The molecule has 136 valence electrons. The van der Waals surface area contributed by atoms with Gasteiger partial charge in [0.25, 0.3) is 0 Å². The van der Waals surface area contributed by atoms with Crippen LogP contribution in [0.4, 0.5) is 0 Å². The molecule has 4 heteroatoms. The van der Waals surface area contributed by atoms with Gasteiger partial charge in [0.15, 0.2) is 0 Å². The van der Waals surface area contributed by atoms with Crippen molar-refractivity contribution in [1.29, 1.82) is 0 Å². The minimum atomic E-state index is -0.169. The number of ether oxygens (including phenoxy) is 2. The topological polar surface area (TPSA) is 38.8 Å². The summed E-state index contributed by atoms with van der Waals surface area (Å²) >= 11 is 0. The molecule has 1 aromatic rings. The van der Waals surface area contributed by atoms with Crippen molar-refractivity contribution >= 4 is 5.91 Å². The molecule has 0 saturated carbocycles. The molecule has 1 amide bonds. The average molecular weight is 343 g/mol. The van der Waals surface area contributed by atoms with Crippen LogP contribution in [-0.2, 0) is 33.5 Å². The van der Waals surface area contributed by atoms with Gasteiger partial charge in [-0.1, -0.05) is 18.2 Å². The number of benzene rings is 1. The van der Waals surface area contributed by atoms with Gasteiger partial charge >= 0.3 is 0 Å². The van der Waals surface area contributed by atoms with Crippen molar-refractivity contribution in [1.82, 2.24) is 4.90 Å². The number of hydrogen-bond acceptors (Lipinski definition) is 3. The summed E-state index contributed by atoms with van der Waals surface area (Å²) in [5.74, 6) is 0.248. The molecule has 2 heterocycles. The fraction of sp³-hybridized carbons (Fsp3) is 0.667. The van der Waals surface area contributed by atoms with E-state index >= 15 is 0 Å². The van der Waals surface area contributed by atoms with E-state index in [0.717, 1.165) is 50.9 Å². The van der Waals surface area contributed by atoms with E-state index < -0.39 is 0 Å². The van der Waals surface area contributed by atoms with Crippen molar-refractivity contribution < 1.29 is 14.3 Å². The predicted octanol–water partition coefficient (Wildman–Crippen LogP) is 2.90. The molecule has 2 aliphatic heterocycles. The van der Waals surface area contributed by atoms with Crippen LogP contribution >= 0.6 is 0 Å². The van der Waals surface area contributed by atoms with E-state index in [1.165, 1.54) is 30.4 Å². The highest BCUT2D eigenvalue weighted by Crippen LogP contribution is 2.37. The summed E-state index contributed by atoms with van der Waals surface area (Å²) in [5.41, 5.74) is 3.91. The molecule has 0 N–H and O–H groups in total. The molecule has 2 saturated heterocycles. The lowest BCUT2D eigenvalue weighted by atomic mass is 9.81. The number of rotatable bonds is 3. The Kier molecular flexibility index (Phi) is 4.83. The number of methoxy groups -OCH3 is 1. The molecule has 1 spiro atoms. The molecule has 1 aromatic carbocycles. The summed E-state index contributed by atoms with van der Waals surface area (Å²) in [5, 5.41) is 0. The molecule has 1 atom stereocenters. The zero-order chi connectivity index (χ0) is 17.3. The van der Waals surface area contributed by atoms with Crippen LogP contribution in [0.15, 0.2) is 18.2 Å². The van der Waals surface area contributed by atoms with E-state index in [9.17, 15) is 4.79 Å². The van der Waals surface area contributed by atoms with E-state index in [4.69, 9.17) is 9.47 Å². The van der Waals surface area contributed by atoms with Crippen molar-refractivity contribution in [2.45, 2.75) is 63.1 Å². The number of hydrogen-bond donors (Lipinski definition) is 0. The highest BCUT2D eigenvalue weighted by molar-refractivity contribution is 5.79. The molecule has 0 radical (unpaired) electrons. The van der Waals surface area contributed by atoms with Crippen LogP contribution in [-0.4, -0.2) is 49.3 Å². The second-order valence-electron chi connectivity index (χ2n) is 7.79. The molecule has 25 heavy (non-hydrogen) atoms. The highest BCUT2D eigenvalue weighted by atomic mass is 16.5. The number of amides is 1. The summed E-state index contributed by atoms with van der Waals surface area (Å²) in [6.45, 7) is 2.39. The van der Waals surface area contributed by atoms with Crippen molar-refractivity contribution in [2.24, 2.45) is 0 Å². The maximum atomic E-state index is 12.7. The van der Waals surface area contributed by atoms with Crippen LogP contribution in [0, 0.1) is 0 Å². The van der Waals surface area contributed by atoms with Gasteiger partial charge in [0.1, 0.15) is 0 Å². The Morgan fingerprint density at radius 2 is 2.04 bits per heavy atom. The second kappa shape index (κ2) is 7.08. The Labute approximate surface area is 150 Å². The third-order valence-electron chi connectivity index (χ3n) is 6.35. The monoisotopic (exact) mass is 343 g/mol. The first-order valence-electron chi connectivity index (χ1n) is 9.75. The average Bonchev–Trinajstić information content (AvgIpc) is 3.10. The van der Waals surface area contributed by atoms with Gasteiger partial charge in [0.05, 0.1) is 18.1 Å². The lowest BCUT2D eigenvalue weighted by Crippen LogP contribution is -2.56. The zero-order valence-electron chi connectivity index (χ0n) is 15.3.